The molecule has 0 spiro atoms. The van der Waals surface area contributed by atoms with E-state index in [2.05, 4.69) is 0 Å². The van der Waals surface area contributed by atoms with Gasteiger partial charge >= 0.3 is 5.97 Å². The number of ether oxygens (including phenoxy) is 2. The molecule has 4 nitrogen and oxygen atoms in total. The van der Waals surface area contributed by atoms with Crippen molar-refractivity contribution in [3.8, 4) is 5.75 Å². The molecule has 0 radical (unpaired) electrons. The lowest BCUT2D eigenvalue weighted by Gasteiger charge is -2.17. The van der Waals surface area contributed by atoms with Crippen molar-refractivity contribution < 1.29 is 19.4 Å². The SMILES string of the molecule is COc1ccccc1CC(OC(C)C)C(=O)O. The van der Waals surface area contributed by atoms with E-state index in [4.69, 9.17) is 14.6 Å². The Morgan fingerprint density at radius 1 is 1.35 bits per heavy atom. The highest BCUT2D eigenvalue weighted by atomic mass is 16.5. The minimum absolute atomic E-state index is 0.120. The fraction of sp³-hybridized carbons (Fsp3) is 0.462. The Morgan fingerprint density at radius 3 is 2.53 bits per heavy atom. The first-order chi connectivity index (χ1) is 8.04. The van der Waals surface area contributed by atoms with Crippen LogP contribution in [0.25, 0.3) is 0 Å². The maximum Gasteiger partial charge on any atom is 0.333 e. The zero-order valence-electron chi connectivity index (χ0n) is 10.3. The molecule has 4 heteroatoms. The van der Waals surface area contributed by atoms with Crippen LogP contribution in [-0.4, -0.2) is 30.4 Å². The highest BCUT2D eigenvalue weighted by Crippen LogP contribution is 2.20. The van der Waals surface area contributed by atoms with Gasteiger partial charge in [0.1, 0.15) is 5.75 Å². The number of rotatable bonds is 6. The standard InChI is InChI=1S/C13H18O4/c1-9(2)17-12(13(14)15)8-10-6-4-5-7-11(10)16-3/h4-7,9,12H,8H2,1-3H3,(H,14,15). The smallest absolute Gasteiger partial charge is 0.333 e. The fourth-order valence-electron chi connectivity index (χ4n) is 1.59. The molecular weight excluding hydrogens is 220 g/mol. The summed E-state index contributed by atoms with van der Waals surface area (Å²) in [6.45, 7) is 3.64. The van der Waals surface area contributed by atoms with Crippen molar-refractivity contribution >= 4 is 5.97 Å². The number of aliphatic carboxylic acids is 1. The Kier molecular flexibility index (Phi) is 4.97. The van der Waals surface area contributed by atoms with Gasteiger partial charge in [-0.15, -0.1) is 0 Å². The second-order valence-corrected chi connectivity index (χ2v) is 4.03. The summed E-state index contributed by atoms with van der Waals surface area (Å²) in [5.74, 6) is -0.268. The number of hydrogen-bond donors (Lipinski definition) is 1. The monoisotopic (exact) mass is 238 g/mol. The molecule has 0 saturated heterocycles. The van der Waals surface area contributed by atoms with E-state index >= 15 is 0 Å². The number of carbonyl (C=O) groups is 1. The van der Waals surface area contributed by atoms with Gasteiger partial charge in [0.05, 0.1) is 13.2 Å². The molecule has 0 amide bonds. The van der Waals surface area contributed by atoms with E-state index in [1.807, 2.05) is 38.1 Å². The van der Waals surface area contributed by atoms with Crippen molar-refractivity contribution in [3.63, 3.8) is 0 Å². The van der Waals surface area contributed by atoms with Crippen LogP contribution in [0, 0.1) is 0 Å². The zero-order chi connectivity index (χ0) is 12.8. The Bertz CT molecular complexity index is 373. The van der Waals surface area contributed by atoms with Crippen LogP contribution in [0.1, 0.15) is 19.4 Å². The molecule has 17 heavy (non-hydrogen) atoms. The van der Waals surface area contributed by atoms with Gasteiger partial charge < -0.3 is 14.6 Å². The molecule has 0 aliphatic carbocycles. The molecule has 0 saturated carbocycles. The van der Waals surface area contributed by atoms with E-state index in [0.717, 1.165) is 5.56 Å². The topological polar surface area (TPSA) is 55.8 Å². The lowest BCUT2D eigenvalue weighted by molar-refractivity contribution is -0.153. The van der Waals surface area contributed by atoms with Gasteiger partial charge in [-0.05, 0) is 25.5 Å². The molecule has 1 unspecified atom stereocenters. The third-order valence-electron chi connectivity index (χ3n) is 2.31. The van der Waals surface area contributed by atoms with Crippen LogP contribution in [0.5, 0.6) is 5.75 Å². The van der Waals surface area contributed by atoms with Crippen molar-refractivity contribution in [3.05, 3.63) is 29.8 Å². The van der Waals surface area contributed by atoms with Crippen LogP contribution in [0.15, 0.2) is 24.3 Å². The lowest BCUT2D eigenvalue weighted by atomic mass is 10.1. The summed E-state index contributed by atoms with van der Waals surface area (Å²) in [7, 11) is 1.57. The van der Waals surface area contributed by atoms with E-state index in [1.54, 1.807) is 7.11 Å². The van der Waals surface area contributed by atoms with Gasteiger partial charge in [0, 0.05) is 6.42 Å². The van der Waals surface area contributed by atoms with Crippen LogP contribution in [-0.2, 0) is 16.0 Å². The third kappa shape index (κ3) is 4.07. The summed E-state index contributed by atoms with van der Waals surface area (Å²) >= 11 is 0. The predicted molar refractivity (Wildman–Crippen MR) is 64.3 cm³/mol. The maximum absolute atomic E-state index is 11.1. The van der Waals surface area contributed by atoms with Gasteiger partial charge in [-0.3, -0.25) is 0 Å². The highest BCUT2D eigenvalue weighted by Gasteiger charge is 2.21. The molecule has 94 valence electrons. The van der Waals surface area contributed by atoms with Gasteiger partial charge in [0.2, 0.25) is 0 Å². The van der Waals surface area contributed by atoms with E-state index in [1.165, 1.54) is 0 Å². The highest BCUT2D eigenvalue weighted by molar-refractivity contribution is 5.73. The summed E-state index contributed by atoms with van der Waals surface area (Å²) in [4.78, 5) is 11.1. The van der Waals surface area contributed by atoms with Crippen molar-refractivity contribution in [2.24, 2.45) is 0 Å². The number of carboxylic acids is 1. The van der Waals surface area contributed by atoms with Gasteiger partial charge in [-0.1, -0.05) is 18.2 Å². The van der Waals surface area contributed by atoms with Gasteiger partial charge in [0.15, 0.2) is 6.10 Å². The summed E-state index contributed by atoms with van der Waals surface area (Å²) in [6, 6.07) is 7.36. The van der Waals surface area contributed by atoms with E-state index in [0.29, 0.717) is 12.2 Å². The number of benzene rings is 1. The van der Waals surface area contributed by atoms with Crippen LogP contribution < -0.4 is 4.74 Å². The molecular formula is C13H18O4. The Labute approximate surface area is 101 Å². The van der Waals surface area contributed by atoms with E-state index in [9.17, 15) is 4.79 Å². The first-order valence-electron chi connectivity index (χ1n) is 5.54. The van der Waals surface area contributed by atoms with Gasteiger partial charge in [-0.25, -0.2) is 4.79 Å². The van der Waals surface area contributed by atoms with Gasteiger partial charge in [-0.2, -0.15) is 0 Å². The van der Waals surface area contributed by atoms with Gasteiger partial charge in [0.25, 0.3) is 0 Å². The summed E-state index contributed by atoms with van der Waals surface area (Å²) in [5, 5.41) is 9.08. The Balaban J connectivity index is 2.82. The first kappa shape index (κ1) is 13.5. The second kappa shape index (κ2) is 6.25. The number of carboxylic acid groups (broad SMARTS) is 1. The largest absolute Gasteiger partial charge is 0.496 e. The molecule has 0 aliphatic heterocycles. The Morgan fingerprint density at radius 2 is 2.00 bits per heavy atom. The lowest BCUT2D eigenvalue weighted by Crippen LogP contribution is -2.29. The minimum atomic E-state index is -0.954. The Hall–Kier alpha value is -1.55. The summed E-state index contributed by atoms with van der Waals surface area (Å²) in [6.07, 6.45) is -0.658. The third-order valence-corrected chi connectivity index (χ3v) is 2.31. The van der Waals surface area contributed by atoms with Crippen LogP contribution in [0.2, 0.25) is 0 Å². The maximum atomic E-state index is 11.1. The summed E-state index contributed by atoms with van der Waals surface area (Å²) in [5.41, 5.74) is 0.836. The van der Waals surface area contributed by atoms with Crippen molar-refractivity contribution in [2.75, 3.05) is 7.11 Å². The minimum Gasteiger partial charge on any atom is -0.496 e. The average molecular weight is 238 g/mol. The zero-order valence-corrected chi connectivity index (χ0v) is 10.3. The molecule has 1 aromatic carbocycles. The molecule has 0 heterocycles. The quantitative estimate of drug-likeness (QED) is 0.824. The molecule has 0 aliphatic rings. The fourth-order valence-corrected chi connectivity index (χ4v) is 1.59. The molecule has 0 aromatic heterocycles. The molecule has 1 aromatic rings. The number of hydrogen-bond acceptors (Lipinski definition) is 3. The van der Waals surface area contributed by atoms with Crippen molar-refractivity contribution in [1.29, 1.82) is 0 Å². The molecule has 0 fully saturated rings. The molecule has 1 N–H and O–H groups in total. The molecule has 1 atom stereocenters. The second-order valence-electron chi connectivity index (χ2n) is 4.03. The van der Waals surface area contributed by atoms with E-state index < -0.39 is 12.1 Å². The van der Waals surface area contributed by atoms with Crippen molar-refractivity contribution in [1.82, 2.24) is 0 Å². The van der Waals surface area contributed by atoms with Crippen LogP contribution in [0.4, 0.5) is 0 Å². The average Bonchev–Trinajstić information content (AvgIpc) is 2.28. The summed E-state index contributed by atoms with van der Waals surface area (Å²) < 4.78 is 10.5. The number of para-hydroxylation sites is 1. The van der Waals surface area contributed by atoms with Crippen LogP contribution >= 0.6 is 0 Å². The normalized spacial score (nSPS) is 12.5. The van der Waals surface area contributed by atoms with Crippen LogP contribution in [0.3, 0.4) is 0 Å². The molecule has 0 bridgehead atoms. The molecule has 1 rings (SSSR count). The predicted octanol–water partition coefficient (Wildman–Crippen LogP) is 2.12. The van der Waals surface area contributed by atoms with E-state index in [-0.39, 0.29) is 6.10 Å². The van der Waals surface area contributed by atoms with Crippen molar-refractivity contribution in [2.45, 2.75) is 32.5 Å². The first-order valence-corrected chi connectivity index (χ1v) is 5.54. The number of methoxy groups -OCH3 is 1.